The minimum absolute atomic E-state index is 0.744. The highest BCUT2D eigenvalue weighted by Gasteiger charge is 2.19. The summed E-state index contributed by atoms with van der Waals surface area (Å²) in [6, 6.07) is 10.0. The normalized spacial score (nSPS) is 10.8. The maximum Gasteiger partial charge on any atom is 0.131 e. The first kappa shape index (κ1) is 19.3. The first-order valence-electron chi connectivity index (χ1n) is 7.77. The fourth-order valence-electron chi connectivity index (χ4n) is 2.84. The van der Waals surface area contributed by atoms with E-state index in [2.05, 4.69) is 55.2 Å². The molecule has 0 amide bonds. The number of thioether (sulfide) groups is 1. The molecule has 1 heterocycles. The first-order valence-corrected chi connectivity index (χ1v) is 10.6. The largest absolute Gasteiger partial charge is 0.497 e. The van der Waals surface area contributed by atoms with Crippen LogP contribution >= 0.6 is 43.6 Å². The standard InChI is InChI=1S/C19H18Br2N2O2S/c1-23-10-22-17(11-7-14(20)19(26-4)15(21)8-11)18(23)13-6-5-12(24-2)9-16(13)25-3/h5-10H,1-4H3. The summed E-state index contributed by atoms with van der Waals surface area (Å²) in [5.41, 5.74) is 3.87. The number of benzene rings is 2. The van der Waals surface area contributed by atoms with Crippen molar-refractivity contribution in [3.05, 3.63) is 45.6 Å². The average molecular weight is 498 g/mol. The molecule has 136 valence electrons. The van der Waals surface area contributed by atoms with Gasteiger partial charge in [-0.1, -0.05) is 0 Å². The second kappa shape index (κ2) is 8.06. The number of ether oxygens (including phenoxy) is 2. The lowest BCUT2D eigenvalue weighted by molar-refractivity contribution is 0.395. The number of hydrogen-bond donors (Lipinski definition) is 0. The van der Waals surface area contributed by atoms with Gasteiger partial charge in [0.15, 0.2) is 0 Å². The SMILES string of the molecule is COc1ccc(-c2c(-c3cc(Br)c(SC)c(Br)c3)ncn2C)c(OC)c1. The Hall–Kier alpha value is -1.44. The van der Waals surface area contributed by atoms with Crippen molar-refractivity contribution < 1.29 is 9.47 Å². The highest BCUT2D eigenvalue weighted by molar-refractivity contribution is 9.11. The molecule has 0 saturated carbocycles. The van der Waals surface area contributed by atoms with Crippen LogP contribution < -0.4 is 9.47 Å². The molecule has 0 spiro atoms. The van der Waals surface area contributed by atoms with Crippen LogP contribution in [0, 0.1) is 0 Å². The second-order valence-corrected chi connectivity index (χ2v) is 8.12. The Morgan fingerprint density at radius 1 is 1.04 bits per heavy atom. The van der Waals surface area contributed by atoms with Crippen LogP contribution in [0.15, 0.2) is 50.5 Å². The zero-order valence-corrected chi connectivity index (χ0v) is 18.8. The molecular weight excluding hydrogens is 480 g/mol. The van der Waals surface area contributed by atoms with Crippen LogP contribution in [0.2, 0.25) is 0 Å². The Morgan fingerprint density at radius 2 is 1.73 bits per heavy atom. The molecule has 0 unspecified atom stereocenters. The van der Waals surface area contributed by atoms with Crippen molar-refractivity contribution in [3.8, 4) is 34.0 Å². The molecule has 0 fully saturated rings. The van der Waals surface area contributed by atoms with Crippen molar-refractivity contribution in [2.45, 2.75) is 4.90 Å². The summed E-state index contributed by atoms with van der Waals surface area (Å²) in [5.74, 6) is 1.50. The summed E-state index contributed by atoms with van der Waals surface area (Å²) in [7, 11) is 5.29. The second-order valence-electron chi connectivity index (χ2n) is 5.59. The Morgan fingerprint density at radius 3 is 2.31 bits per heavy atom. The average Bonchev–Trinajstić information content (AvgIpc) is 3.02. The number of methoxy groups -OCH3 is 2. The van der Waals surface area contributed by atoms with Crippen molar-refractivity contribution in [2.75, 3.05) is 20.5 Å². The molecule has 0 saturated heterocycles. The Kier molecular flexibility index (Phi) is 5.99. The highest BCUT2D eigenvalue weighted by atomic mass is 79.9. The Labute approximate surface area is 174 Å². The molecule has 0 bridgehead atoms. The van der Waals surface area contributed by atoms with E-state index in [0.29, 0.717) is 0 Å². The van der Waals surface area contributed by atoms with Crippen LogP contribution in [0.1, 0.15) is 0 Å². The third-order valence-corrected chi connectivity index (χ3v) is 6.70. The van der Waals surface area contributed by atoms with Crippen LogP contribution in [0.4, 0.5) is 0 Å². The molecule has 0 N–H and O–H groups in total. The number of aryl methyl sites for hydroxylation is 1. The molecule has 3 rings (SSSR count). The molecule has 0 aliphatic rings. The lowest BCUT2D eigenvalue weighted by Crippen LogP contribution is -1.96. The smallest absolute Gasteiger partial charge is 0.131 e. The van der Waals surface area contributed by atoms with Crippen molar-refractivity contribution in [2.24, 2.45) is 7.05 Å². The third-order valence-electron chi connectivity index (χ3n) is 4.08. The molecule has 0 aliphatic heterocycles. The van der Waals surface area contributed by atoms with Crippen LogP contribution in [0.3, 0.4) is 0 Å². The number of rotatable bonds is 5. The fourth-order valence-corrected chi connectivity index (χ4v) is 5.51. The zero-order valence-electron chi connectivity index (χ0n) is 14.8. The van der Waals surface area contributed by atoms with Gasteiger partial charge in [0.2, 0.25) is 0 Å². The van der Waals surface area contributed by atoms with Gasteiger partial charge in [0, 0.05) is 38.1 Å². The maximum absolute atomic E-state index is 5.60. The fraction of sp³-hybridized carbons (Fsp3) is 0.211. The number of hydrogen-bond acceptors (Lipinski definition) is 4. The number of imidazole rings is 1. The minimum atomic E-state index is 0.744. The van der Waals surface area contributed by atoms with Crippen molar-refractivity contribution in [3.63, 3.8) is 0 Å². The molecule has 0 atom stereocenters. The lowest BCUT2D eigenvalue weighted by Gasteiger charge is -2.14. The third kappa shape index (κ3) is 3.52. The van der Waals surface area contributed by atoms with Gasteiger partial charge >= 0.3 is 0 Å². The maximum atomic E-state index is 5.60. The van der Waals surface area contributed by atoms with Crippen molar-refractivity contribution in [1.29, 1.82) is 0 Å². The van der Waals surface area contributed by atoms with Gasteiger partial charge in [0.1, 0.15) is 11.5 Å². The molecule has 0 radical (unpaired) electrons. The Balaban J connectivity index is 2.20. The minimum Gasteiger partial charge on any atom is -0.497 e. The number of nitrogens with zero attached hydrogens (tertiary/aromatic N) is 2. The van der Waals surface area contributed by atoms with E-state index in [1.165, 1.54) is 0 Å². The van der Waals surface area contributed by atoms with Crippen molar-refractivity contribution >= 4 is 43.6 Å². The molecule has 26 heavy (non-hydrogen) atoms. The molecule has 0 aliphatic carbocycles. The monoisotopic (exact) mass is 496 g/mol. The van der Waals surface area contributed by atoms with Crippen LogP contribution in [0.25, 0.3) is 22.5 Å². The van der Waals surface area contributed by atoms with E-state index in [0.717, 1.165) is 47.9 Å². The molecule has 2 aromatic carbocycles. The van der Waals surface area contributed by atoms with Crippen LogP contribution in [-0.4, -0.2) is 30.0 Å². The topological polar surface area (TPSA) is 36.3 Å². The van der Waals surface area contributed by atoms with Gasteiger partial charge in [0.25, 0.3) is 0 Å². The van der Waals surface area contributed by atoms with E-state index in [9.17, 15) is 0 Å². The molecular formula is C19H18Br2N2O2S. The van der Waals surface area contributed by atoms with E-state index < -0.39 is 0 Å². The summed E-state index contributed by atoms with van der Waals surface area (Å²) in [5, 5.41) is 0. The molecule has 4 nitrogen and oxygen atoms in total. The van der Waals surface area contributed by atoms with Gasteiger partial charge in [0.05, 0.1) is 31.9 Å². The lowest BCUT2D eigenvalue weighted by atomic mass is 10.0. The van der Waals surface area contributed by atoms with E-state index >= 15 is 0 Å². The summed E-state index contributed by atoms with van der Waals surface area (Å²) >= 11 is 9.02. The summed E-state index contributed by atoms with van der Waals surface area (Å²) in [6.07, 6.45) is 3.87. The van der Waals surface area contributed by atoms with E-state index in [1.807, 2.05) is 36.1 Å². The highest BCUT2D eigenvalue weighted by Crippen LogP contribution is 2.42. The molecule has 1 aromatic heterocycles. The zero-order chi connectivity index (χ0) is 18.8. The molecule has 3 aromatic rings. The summed E-state index contributed by atoms with van der Waals surface area (Å²) in [4.78, 5) is 5.81. The van der Waals surface area contributed by atoms with Gasteiger partial charge in [-0.25, -0.2) is 4.98 Å². The van der Waals surface area contributed by atoms with Crippen LogP contribution in [-0.2, 0) is 7.05 Å². The van der Waals surface area contributed by atoms with Gasteiger partial charge in [-0.05, 0) is 62.4 Å². The number of aromatic nitrogens is 2. The number of halogens is 2. The first-order chi connectivity index (χ1) is 12.5. The van der Waals surface area contributed by atoms with E-state index in [-0.39, 0.29) is 0 Å². The van der Waals surface area contributed by atoms with Gasteiger partial charge < -0.3 is 14.0 Å². The summed E-state index contributed by atoms with van der Waals surface area (Å²) in [6.45, 7) is 0. The van der Waals surface area contributed by atoms with E-state index in [4.69, 9.17) is 9.47 Å². The quantitative estimate of drug-likeness (QED) is 0.404. The van der Waals surface area contributed by atoms with Gasteiger partial charge in [-0.2, -0.15) is 0 Å². The van der Waals surface area contributed by atoms with E-state index in [1.54, 1.807) is 26.0 Å². The summed E-state index contributed by atoms with van der Waals surface area (Å²) < 4.78 is 15.0. The molecule has 7 heteroatoms. The van der Waals surface area contributed by atoms with Gasteiger partial charge in [-0.3, -0.25) is 0 Å². The predicted molar refractivity (Wildman–Crippen MR) is 114 cm³/mol. The van der Waals surface area contributed by atoms with Crippen LogP contribution in [0.5, 0.6) is 11.5 Å². The van der Waals surface area contributed by atoms with Gasteiger partial charge in [-0.15, -0.1) is 11.8 Å². The van der Waals surface area contributed by atoms with Crippen molar-refractivity contribution in [1.82, 2.24) is 9.55 Å². The Bertz CT molecular complexity index is 934. The predicted octanol–water partition coefficient (Wildman–Crippen LogP) is 6.02.